The van der Waals surface area contributed by atoms with Crippen LogP contribution < -0.4 is 5.43 Å². The van der Waals surface area contributed by atoms with Crippen LogP contribution in [0.25, 0.3) is 0 Å². The van der Waals surface area contributed by atoms with Crippen molar-refractivity contribution in [1.82, 2.24) is 0 Å². The molecule has 0 spiro atoms. The number of carbonyl (C=O) groups is 1. The van der Waals surface area contributed by atoms with Crippen LogP contribution in [0.5, 0.6) is 0 Å². The fourth-order valence-electron chi connectivity index (χ4n) is 1.63. The molecule has 0 aliphatic heterocycles. The second-order valence-electron chi connectivity index (χ2n) is 4.82. The topological polar surface area (TPSA) is 136 Å². The molecular weight excluding hydrogens is 393 g/mol. The van der Waals surface area contributed by atoms with Crippen LogP contribution in [0.2, 0.25) is 0 Å². The van der Waals surface area contributed by atoms with E-state index >= 15 is 0 Å². The third kappa shape index (κ3) is 9.34. The molecule has 0 bridgehead atoms. The molecule has 0 fully saturated rings. The molecule has 0 heterocycles. The summed E-state index contributed by atoms with van der Waals surface area (Å²) in [6.45, 7) is 0. The molecule has 2 aromatic rings. The average Bonchev–Trinajstić information content (AvgIpc) is 2.53. The molecule has 0 saturated heterocycles. The van der Waals surface area contributed by atoms with Crippen molar-refractivity contribution in [3.63, 3.8) is 0 Å². The van der Waals surface area contributed by atoms with E-state index in [0.29, 0.717) is 11.3 Å². The first-order valence-electron chi connectivity index (χ1n) is 6.86. The Bertz CT molecular complexity index is 887. The minimum absolute atomic E-state index is 0.150. The number of alkyl halides is 3. The number of hydrogen-bond acceptors (Lipinski definition) is 5. The Morgan fingerprint density at radius 1 is 1.00 bits per heavy atom. The quantitative estimate of drug-likeness (QED) is 0.348. The number of benzene rings is 2. The smallest absolute Gasteiger partial charge is 0.416 e. The number of hydrazone groups is 1. The van der Waals surface area contributed by atoms with Gasteiger partial charge >= 0.3 is 22.5 Å². The molecule has 0 aromatic heterocycles. The fraction of sp³-hybridized carbons (Fsp3) is 0.0667. The van der Waals surface area contributed by atoms with E-state index in [0.717, 1.165) is 12.1 Å². The van der Waals surface area contributed by atoms with Gasteiger partial charge in [0.1, 0.15) is 0 Å². The number of rotatable bonds is 4. The molecule has 0 aliphatic carbocycles. The molecular formula is C15H13F3N2O6S. The van der Waals surface area contributed by atoms with E-state index < -0.39 is 28.1 Å². The number of halogens is 3. The molecule has 0 unspecified atom stereocenters. The predicted molar refractivity (Wildman–Crippen MR) is 90.2 cm³/mol. The molecule has 0 aliphatic rings. The van der Waals surface area contributed by atoms with Crippen molar-refractivity contribution in [2.45, 2.75) is 6.18 Å². The molecule has 146 valence electrons. The lowest BCUT2D eigenvalue weighted by molar-refractivity contribution is -0.137. The van der Waals surface area contributed by atoms with E-state index in [4.69, 9.17) is 22.6 Å². The van der Waals surface area contributed by atoms with Gasteiger partial charge in [-0.3, -0.25) is 14.5 Å². The van der Waals surface area contributed by atoms with Crippen LogP contribution in [0, 0.1) is 0 Å². The largest absolute Gasteiger partial charge is 0.478 e. The molecule has 0 radical (unpaired) electrons. The molecule has 4 N–H and O–H groups in total. The number of anilines is 1. The summed E-state index contributed by atoms with van der Waals surface area (Å²) in [5.41, 5.74) is 3.15. The van der Waals surface area contributed by atoms with E-state index in [2.05, 4.69) is 10.5 Å². The summed E-state index contributed by atoms with van der Waals surface area (Å²) >= 11 is 0. The zero-order valence-corrected chi connectivity index (χ0v) is 14.1. The molecule has 0 atom stereocenters. The highest BCUT2D eigenvalue weighted by Gasteiger charge is 2.29. The molecule has 12 heteroatoms. The number of aromatic carboxylic acids is 1. The maximum Gasteiger partial charge on any atom is 0.416 e. The zero-order valence-electron chi connectivity index (χ0n) is 13.3. The highest BCUT2D eigenvalue weighted by Crippen LogP contribution is 2.28. The number of hydrogen-bond donors (Lipinski definition) is 4. The van der Waals surface area contributed by atoms with Crippen LogP contribution >= 0.6 is 0 Å². The summed E-state index contributed by atoms with van der Waals surface area (Å²) in [7, 11) is -4.67. The second kappa shape index (κ2) is 9.12. The van der Waals surface area contributed by atoms with E-state index in [1.54, 1.807) is 0 Å². The first kappa shape index (κ1) is 22.1. The first-order valence-corrected chi connectivity index (χ1v) is 8.25. The van der Waals surface area contributed by atoms with Crippen molar-refractivity contribution in [2.75, 3.05) is 5.43 Å². The van der Waals surface area contributed by atoms with Gasteiger partial charge in [-0.15, -0.1) is 0 Å². The number of nitrogens with zero attached hydrogens (tertiary/aromatic N) is 1. The van der Waals surface area contributed by atoms with Gasteiger partial charge < -0.3 is 5.11 Å². The van der Waals surface area contributed by atoms with Gasteiger partial charge in [-0.25, -0.2) is 4.79 Å². The lowest BCUT2D eigenvalue weighted by Gasteiger charge is -2.05. The van der Waals surface area contributed by atoms with Crippen molar-refractivity contribution in [2.24, 2.45) is 5.10 Å². The van der Waals surface area contributed by atoms with Crippen LogP contribution in [0.4, 0.5) is 18.9 Å². The number of carboxylic acids is 1. The predicted octanol–water partition coefficient (Wildman–Crippen LogP) is 3.20. The van der Waals surface area contributed by atoms with Gasteiger partial charge in [0.15, 0.2) is 0 Å². The Balaban J connectivity index is 0.000000646. The van der Waals surface area contributed by atoms with Gasteiger partial charge in [-0.1, -0.05) is 12.1 Å². The molecule has 2 aromatic carbocycles. The lowest BCUT2D eigenvalue weighted by Crippen LogP contribution is -2.04. The lowest BCUT2D eigenvalue weighted by atomic mass is 10.1. The van der Waals surface area contributed by atoms with Crippen LogP contribution in [-0.4, -0.2) is 34.8 Å². The number of nitrogens with one attached hydrogen (secondary N) is 1. The van der Waals surface area contributed by atoms with Gasteiger partial charge in [0.25, 0.3) is 0 Å². The van der Waals surface area contributed by atoms with Gasteiger partial charge in [0.2, 0.25) is 0 Å². The summed E-state index contributed by atoms with van der Waals surface area (Å²) in [4.78, 5) is 10.7. The van der Waals surface area contributed by atoms with E-state index in [9.17, 15) is 18.0 Å². The fourth-order valence-corrected chi connectivity index (χ4v) is 1.63. The third-order valence-electron chi connectivity index (χ3n) is 2.78. The molecule has 2 rings (SSSR count). The van der Waals surface area contributed by atoms with Crippen LogP contribution in [0.3, 0.4) is 0 Å². The maximum atomic E-state index is 12.4. The van der Waals surface area contributed by atoms with Crippen molar-refractivity contribution in [3.8, 4) is 0 Å². The normalized spacial score (nSPS) is 11.6. The SMILES string of the molecule is O=C(O)c1ccc(NN=Cc2ccc(C(F)(F)F)cc2)cc1.O=S(=O)(O)O. The Kier molecular flexibility index (Phi) is 7.45. The zero-order chi connectivity index (χ0) is 20.7. The molecule has 27 heavy (non-hydrogen) atoms. The monoisotopic (exact) mass is 406 g/mol. The Hall–Kier alpha value is -2.96. The van der Waals surface area contributed by atoms with Crippen molar-refractivity contribution >= 4 is 28.3 Å². The summed E-state index contributed by atoms with van der Waals surface area (Å²) in [5, 5.41) is 12.6. The molecule has 0 saturated carbocycles. The molecule has 8 nitrogen and oxygen atoms in total. The van der Waals surface area contributed by atoms with Gasteiger partial charge in [-0.2, -0.15) is 26.7 Å². The Labute approximate surface area is 151 Å². The third-order valence-corrected chi connectivity index (χ3v) is 2.78. The summed E-state index contributed by atoms with van der Waals surface area (Å²) in [6.07, 6.45) is -2.99. The van der Waals surface area contributed by atoms with Gasteiger partial charge in [-0.05, 0) is 42.0 Å². The van der Waals surface area contributed by atoms with Crippen molar-refractivity contribution in [1.29, 1.82) is 0 Å². The van der Waals surface area contributed by atoms with Crippen LogP contribution in [-0.2, 0) is 16.6 Å². The van der Waals surface area contributed by atoms with Crippen LogP contribution in [0.15, 0.2) is 53.6 Å². The van der Waals surface area contributed by atoms with Crippen molar-refractivity contribution in [3.05, 3.63) is 65.2 Å². The number of carboxylic acid groups (broad SMARTS) is 1. The summed E-state index contributed by atoms with van der Waals surface area (Å²) in [6, 6.07) is 10.5. The van der Waals surface area contributed by atoms with Crippen LogP contribution in [0.1, 0.15) is 21.5 Å². The van der Waals surface area contributed by atoms with Gasteiger partial charge in [0, 0.05) is 0 Å². The summed E-state index contributed by atoms with van der Waals surface area (Å²) in [5.74, 6) is -1.03. The van der Waals surface area contributed by atoms with E-state index in [1.807, 2.05) is 0 Å². The van der Waals surface area contributed by atoms with Crippen molar-refractivity contribution < 1.29 is 40.6 Å². The minimum Gasteiger partial charge on any atom is -0.478 e. The van der Waals surface area contributed by atoms with Gasteiger partial charge in [0.05, 0.1) is 23.0 Å². The maximum absolute atomic E-state index is 12.4. The summed E-state index contributed by atoms with van der Waals surface area (Å²) < 4.78 is 68.8. The Morgan fingerprint density at radius 2 is 1.48 bits per heavy atom. The second-order valence-corrected chi connectivity index (χ2v) is 5.72. The standard InChI is InChI=1S/C15H11F3N2O2.H2O4S/c16-15(17,18)12-5-1-10(2-6-12)9-19-20-13-7-3-11(4-8-13)14(21)22;1-5(2,3)4/h1-9,20H,(H,21,22);(H2,1,2,3,4). The Morgan fingerprint density at radius 3 is 1.89 bits per heavy atom. The highest BCUT2D eigenvalue weighted by molar-refractivity contribution is 7.79. The van der Waals surface area contributed by atoms with E-state index in [1.165, 1.54) is 42.6 Å². The minimum atomic E-state index is -4.67. The average molecular weight is 406 g/mol. The highest BCUT2D eigenvalue weighted by atomic mass is 32.3. The first-order chi connectivity index (χ1) is 12.4. The molecule has 0 amide bonds. The van der Waals surface area contributed by atoms with E-state index in [-0.39, 0.29) is 5.56 Å².